The minimum Gasteiger partial charge on any atom is -0.481 e. The van der Waals surface area contributed by atoms with Gasteiger partial charge >= 0.3 is 5.97 Å². The Morgan fingerprint density at radius 2 is 1.73 bits per heavy atom. The van der Waals surface area contributed by atoms with E-state index >= 15 is 0 Å². The van der Waals surface area contributed by atoms with E-state index < -0.39 is 92.2 Å². The molecule has 0 radical (unpaired) electrons. The van der Waals surface area contributed by atoms with Crippen molar-refractivity contribution < 1.29 is 54.5 Å². The minimum absolute atomic E-state index is 0.407. The zero-order valence-electron chi connectivity index (χ0n) is 18.4. The number of nitrogens with one attached hydrogen (secondary N) is 2. The quantitative estimate of drug-likeness (QED) is 0.158. The Morgan fingerprint density at radius 1 is 1.06 bits per heavy atom. The molecular formula is C20H34N2O11. The lowest BCUT2D eigenvalue weighted by Crippen LogP contribution is -2.61. The second-order valence-corrected chi connectivity index (χ2v) is 8.44. The number of aliphatic hydroxyl groups is 5. The van der Waals surface area contributed by atoms with Gasteiger partial charge in [0.05, 0.1) is 31.3 Å². The normalized spacial score (nSPS) is 34.2. The van der Waals surface area contributed by atoms with Crippen molar-refractivity contribution in [3.8, 4) is 0 Å². The van der Waals surface area contributed by atoms with Crippen LogP contribution in [0.1, 0.15) is 45.4 Å². The van der Waals surface area contributed by atoms with Crippen molar-refractivity contribution in [2.45, 2.75) is 100 Å². The number of carbonyl (C=O) groups is 3. The van der Waals surface area contributed by atoms with E-state index in [4.69, 9.17) is 14.6 Å². The molecule has 13 nitrogen and oxygen atoms in total. The molecule has 2 fully saturated rings. The molecule has 0 unspecified atom stereocenters. The van der Waals surface area contributed by atoms with Crippen LogP contribution in [0.15, 0.2) is 0 Å². The van der Waals surface area contributed by atoms with Gasteiger partial charge in [0.1, 0.15) is 30.5 Å². The molecular weight excluding hydrogens is 444 g/mol. The molecule has 0 aromatic heterocycles. The maximum Gasteiger partial charge on any atom is 0.303 e. The number of carboxylic acid groups (broad SMARTS) is 1. The van der Waals surface area contributed by atoms with Crippen LogP contribution < -0.4 is 10.6 Å². The molecule has 9 atom stereocenters. The van der Waals surface area contributed by atoms with E-state index in [0.29, 0.717) is 12.8 Å². The van der Waals surface area contributed by atoms with Gasteiger partial charge in [-0.3, -0.25) is 14.4 Å². The second kappa shape index (κ2) is 12.6. The third-order valence-corrected chi connectivity index (χ3v) is 5.88. The predicted molar refractivity (Wildman–Crippen MR) is 110 cm³/mol. The Morgan fingerprint density at radius 3 is 2.36 bits per heavy atom. The zero-order chi connectivity index (χ0) is 24.7. The lowest BCUT2D eigenvalue weighted by Gasteiger charge is -2.42. The monoisotopic (exact) mass is 478 g/mol. The predicted octanol–water partition coefficient (Wildman–Crippen LogP) is -3.04. The summed E-state index contributed by atoms with van der Waals surface area (Å²) in [5, 5.41) is 62.9. The summed E-state index contributed by atoms with van der Waals surface area (Å²) in [4.78, 5) is 35.4. The molecule has 33 heavy (non-hydrogen) atoms. The highest BCUT2D eigenvalue weighted by Gasteiger charge is 2.44. The summed E-state index contributed by atoms with van der Waals surface area (Å²) in [6, 6.07) is -2.11. The van der Waals surface area contributed by atoms with Crippen LogP contribution in [0.4, 0.5) is 0 Å². The molecule has 1 aliphatic heterocycles. The van der Waals surface area contributed by atoms with Gasteiger partial charge in [0.2, 0.25) is 11.8 Å². The molecule has 1 heterocycles. The molecule has 190 valence electrons. The van der Waals surface area contributed by atoms with Crippen molar-refractivity contribution in [1.29, 1.82) is 0 Å². The van der Waals surface area contributed by atoms with Crippen LogP contribution in [0.3, 0.4) is 0 Å². The van der Waals surface area contributed by atoms with Crippen LogP contribution >= 0.6 is 0 Å². The molecule has 0 bridgehead atoms. The van der Waals surface area contributed by atoms with Crippen LogP contribution in [-0.2, 0) is 23.9 Å². The Labute approximate surface area is 190 Å². The summed E-state index contributed by atoms with van der Waals surface area (Å²) in [7, 11) is 0. The Bertz CT molecular complexity index is 678. The van der Waals surface area contributed by atoms with Gasteiger partial charge in [-0.2, -0.15) is 0 Å². The average Bonchev–Trinajstić information content (AvgIpc) is 2.78. The summed E-state index contributed by atoms with van der Waals surface area (Å²) >= 11 is 0. The maximum atomic E-state index is 12.8. The fourth-order valence-electron chi connectivity index (χ4n) is 3.90. The first kappa shape index (κ1) is 27.4. The number of ether oxygens (including phenoxy) is 2. The Hall–Kier alpha value is -1.87. The van der Waals surface area contributed by atoms with Crippen LogP contribution in [0.25, 0.3) is 0 Å². The highest BCUT2D eigenvalue weighted by atomic mass is 16.7. The Balaban J connectivity index is 2.04. The largest absolute Gasteiger partial charge is 0.481 e. The third kappa shape index (κ3) is 7.57. The number of carboxylic acids is 1. The van der Waals surface area contributed by atoms with Gasteiger partial charge in [-0.1, -0.05) is 12.8 Å². The second-order valence-electron chi connectivity index (χ2n) is 8.44. The first-order chi connectivity index (χ1) is 15.5. The number of aliphatic hydroxyl groups excluding tert-OH is 5. The molecule has 1 aliphatic carbocycles. The minimum atomic E-state index is -1.62. The van der Waals surface area contributed by atoms with Gasteiger partial charge in [0.15, 0.2) is 6.29 Å². The molecule has 13 heteroatoms. The Kier molecular flexibility index (Phi) is 10.4. The van der Waals surface area contributed by atoms with E-state index in [1.165, 1.54) is 6.92 Å². The van der Waals surface area contributed by atoms with Crippen LogP contribution in [0.2, 0.25) is 0 Å². The fourth-order valence-corrected chi connectivity index (χ4v) is 3.90. The topological polar surface area (TPSA) is 215 Å². The summed E-state index contributed by atoms with van der Waals surface area (Å²) in [5.74, 6) is -2.77. The fraction of sp³-hybridized carbons (Fsp3) is 0.850. The maximum absolute atomic E-state index is 12.8. The molecule has 2 amide bonds. The van der Waals surface area contributed by atoms with E-state index in [0.717, 1.165) is 12.8 Å². The van der Waals surface area contributed by atoms with Crippen molar-refractivity contribution >= 4 is 17.8 Å². The lowest BCUT2D eigenvalue weighted by atomic mass is 9.91. The van der Waals surface area contributed by atoms with Gasteiger partial charge in [0, 0.05) is 6.42 Å². The smallest absolute Gasteiger partial charge is 0.303 e. The van der Waals surface area contributed by atoms with E-state index in [1.54, 1.807) is 0 Å². The van der Waals surface area contributed by atoms with Crippen molar-refractivity contribution in [1.82, 2.24) is 10.6 Å². The van der Waals surface area contributed by atoms with E-state index in [1.807, 2.05) is 0 Å². The van der Waals surface area contributed by atoms with Crippen molar-refractivity contribution in [2.75, 3.05) is 6.61 Å². The van der Waals surface area contributed by atoms with Crippen LogP contribution in [0.5, 0.6) is 0 Å². The van der Waals surface area contributed by atoms with E-state index in [2.05, 4.69) is 10.6 Å². The molecule has 0 aromatic carbocycles. The number of aliphatic carboxylic acids is 1. The van der Waals surface area contributed by atoms with Gasteiger partial charge in [0.25, 0.3) is 0 Å². The standard InChI is InChI=1S/C20H34N2O11/c1-9-16(28)17(29)18(30)20(32-9)33-12-5-3-2-4-10(12)21-19(31)15(11(24)8-23)22-13(25)6-7-14(26)27/h9-12,15-18,20,23-24,28-30H,2-8H2,1H3,(H,21,31)(H,22,25)(H,26,27)/t9-,10+,11+,12+,15-,16+,17+,18-,20-/m0/s1. The third-order valence-electron chi connectivity index (χ3n) is 5.88. The molecule has 0 spiro atoms. The number of rotatable bonds is 10. The molecule has 1 saturated carbocycles. The van der Waals surface area contributed by atoms with Crippen molar-refractivity contribution in [2.24, 2.45) is 0 Å². The summed E-state index contributed by atoms with van der Waals surface area (Å²) in [6.07, 6.45) is -6.95. The van der Waals surface area contributed by atoms with Gasteiger partial charge in [-0.05, 0) is 19.8 Å². The number of hydrogen-bond donors (Lipinski definition) is 8. The number of hydrogen-bond acceptors (Lipinski definition) is 10. The van der Waals surface area contributed by atoms with Gasteiger partial charge in [-0.15, -0.1) is 0 Å². The number of amides is 2. The lowest BCUT2D eigenvalue weighted by molar-refractivity contribution is -0.307. The van der Waals surface area contributed by atoms with Gasteiger partial charge < -0.3 is 50.7 Å². The average molecular weight is 478 g/mol. The van der Waals surface area contributed by atoms with E-state index in [-0.39, 0.29) is 0 Å². The van der Waals surface area contributed by atoms with Crippen LogP contribution in [-0.4, -0.2) is 110 Å². The van der Waals surface area contributed by atoms with Crippen molar-refractivity contribution in [3.63, 3.8) is 0 Å². The van der Waals surface area contributed by atoms with Gasteiger partial charge in [-0.25, -0.2) is 0 Å². The summed E-state index contributed by atoms with van der Waals surface area (Å²) in [5.41, 5.74) is 0. The highest BCUT2D eigenvalue weighted by Crippen LogP contribution is 2.28. The molecule has 8 N–H and O–H groups in total. The molecule has 0 aromatic rings. The summed E-state index contributed by atoms with van der Waals surface area (Å²) in [6.45, 7) is 0.701. The van der Waals surface area contributed by atoms with Crippen LogP contribution in [0, 0.1) is 0 Å². The number of carbonyl (C=O) groups excluding carboxylic acids is 2. The molecule has 2 rings (SSSR count). The highest BCUT2D eigenvalue weighted by molar-refractivity contribution is 5.89. The SMILES string of the molecule is C[C@@H]1O[C@@H](O[C@@H]2CCCC[C@H]2NC(=O)[C@@H](NC(=O)CCC(=O)O)[C@H](O)CO)[C@@H](O)[C@H](O)[C@@H]1O. The van der Waals surface area contributed by atoms with E-state index in [9.17, 15) is 39.9 Å². The first-order valence-corrected chi connectivity index (χ1v) is 11.0. The molecule has 1 saturated heterocycles. The summed E-state index contributed by atoms with van der Waals surface area (Å²) < 4.78 is 11.3. The zero-order valence-corrected chi connectivity index (χ0v) is 18.4. The molecule has 2 aliphatic rings. The van der Waals surface area contributed by atoms with Crippen molar-refractivity contribution in [3.05, 3.63) is 0 Å². The first-order valence-electron chi connectivity index (χ1n) is 11.0.